The fraction of sp³-hybridized carbons (Fsp3) is 0.591. The Bertz CT molecular complexity index is 822. The SMILES string of the molecule is Nc1cc(CNCCCCNC(=O)CCCC[C@@H]2SC[C@@H]3NC(=O)N[C@@H]32)ccc1C(=O)O. The van der Waals surface area contributed by atoms with Crippen molar-refractivity contribution in [1.82, 2.24) is 21.3 Å². The number of nitrogen functional groups attached to an aromatic ring is 1. The van der Waals surface area contributed by atoms with Crippen LogP contribution in [0, 0.1) is 0 Å². The predicted molar refractivity (Wildman–Crippen MR) is 126 cm³/mol. The fourth-order valence-corrected chi connectivity index (χ4v) is 5.66. The predicted octanol–water partition coefficient (Wildman–Crippen LogP) is 1.68. The number of carbonyl (C=O) groups excluding carboxylic acids is 2. The van der Waals surface area contributed by atoms with Crippen LogP contribution in [0.5, 0.6) is 0 Å². The monoisotopic (exact) mass is 463 g/mol. The Kier molecular flexibility index (Phi) is 9.04. The van der Waals surface area contributed by atoms with E-state index < -0.39 is 5.97 Å². The number of carboxylic acid groups (broad SMARTS) is 1. The van der Waals surface area contributed by atoms with E-state index in [1.165, 1.54) is 6.07 Å². The topological polar surface area (TPSA) is 146 Å². The largest absolute Gasteiger partial charge is 0.478 e. The summed E-state index contributed by atoms with van der Waals surface area (Å²) in [4.78, 5) is 34.4. The number of amides is 3. The van der Waals surface area contributed by atoms with Gasteiger partial charge in [0, 0.05) is 36.2 Å². The molecule has 0 unspecified atom stereocenters. The highest BCUT2D eigenvalue weighted by Crippen LogP contribution is 2.33. The van der Waals surface area contributed by atoms with E-state index in [0.29, 0.717) is 24.8 Å². The first-order valence-corrected chi connectivity index (χ1v) is 12.3. The molecule has 0 radical (unpaired) electrons. The van der Waals surface area contributed by atoms with E-state index in [1.54, 1.807) is 12.1 Å². The van der Waals surface area contributed by atoms with Crippen LogP contribution in [-0.4, -0.2) is 59.2 Å². The molecule has 10 heteroatoms. The second-order valence-electron chi connectivity index (χ2n) is 8.33. The molecule has 2 saturated heterocycles. The maximum atomic E-state index is 12.0. The van der Waals surface area contributed by atoms with Gasteiger partial charge >= 0.3 is 12.0 Å². The molecule has 0 spiro atoms. The normalized spacial score (nSPS) is 21.6. The molecule has 9 nitrogen and oxygen atoms in total. The summed E-state index contributed by atoms with van der Waals surface area (Å²) in [6.45, 7) is 2.10. The molecule has 2 heterocycles. The van der Waals surface area contributed by atoms with E-state index in [9.17, 15) is 14.4 Å². The molecule has 3 amide bonds. The number of thioether (sulfide) groups is 1. The molecular formula is C22H33N5O4S. The summed E-state index contributed by atoms with van der Waals surface area (Å²) in [5.41, 5.74) is 7.09. The maximum Gasteiger partial charge on any atom is 0.337 e. The number of benzene rings is 1. The van der Waals surface area contributed by atoms with Gasteiger partial charge in [0.2, 0.25) is 5.91 Å². The van der Waals surface area contributed by atoms with Crippen LogP contribution in [-0.2, 0) is 11.3 Å². The number of nitrogens with one attached hydrogen (secondary N) is 4. The van der Waals surface area contributed by atoms with E-state index in [0.717, 1.165) is 50.0 Å². The third kappa shape index (κ3) is 7.03. The Morgan fingerprint density at radius 1 is 1.16 bits per heavy atom. The number of rotatable bonds is 13. The van der Waals surface area contributed by atoms with E-state index in [2.05, 4.69) is 21.3 Å². The van der Waals surface area contributed by atoms with Crippen LogP contribution in [0.25, 0.3) is 0 Å². The highest BCUT2D eigenvalue weighted by molar-refractivity contribution is 8.00. The van der Waals surface area contributed by atoms with Crippen molar-refractivity contribution in [1.29, 1.82) is 0 Å². The van der Waals surface area contributed by atoms with Crippen molar-refractivity contribution < 1.29 is 19.5 Å². The van der Waals surface area contributed by atoms with Crippen molar-refractivity contribution in [2.75, 3.05) is 24.6 Å². The summed E-state index contributed by atoms with van der Waals surface area (Å²) in [6.07, 6.45) is 5.26. The van der Waals surface area contributed by atoms with Gasteiger partial charge in [0.25, 0.3) is 0 Å². The van der Waals surface area contributed by atoms with Gasteiger partial charge in [-0.3, -0.25) is 4.79 Å². The van der Waals surface area contributed by atoms with Crippen LogP contribution in [0.3, 0.4) is 0 Å². The van der Waals surface area contributed by atoms with Crippen LogP contribution in [0.4, 0.5) is 10.5 Å². The highest BCUT2D eigenvalue weighted by atomic mass is 32.2. The average Bonchev–Trinajstić information content (AvgIpc) is 3.29. The number of hydrogen-bond acceptors (Lipinski definition) is 6. The van der Waals surface area contributed by atoms with Crippen molar-refractivity contribution in [2.45, 2.75) is 62.4 Å². The van der Waals surface area contributed by atoms with Gasteiger partial charge in [0.05, 0.1) is 17.6 Å². The molecule has 3 atom stereocenters. The standard InChI is InChI=1S/C22H33N5O4S/c23-16-11-14(7-8-15(16)21(29)30)12-24-9-3-4-10-25-19(28)6-2-1-5-18-20-17(13-32-18)26-22(31)27-20/h7-8,11,17-18,20,24H,1-6,9-10,12-13,23H2,(H,25,28)(H,29,30)(H2,26,27,31)/t17-,18-,20-/m0/s1. The van der Waals surface area contributed by atoms with Gasteiger partial charge < -0.3 is 32.1 Å². The molecule has 2 aliphatic rings. The maximum absolute atomic E-state index is 12.0. The lowest BCUT2D eigenvalue weighted by molar-refractivity contribution is -0.121. The Labute approximate surface area is 192 Å². The van der Waals surface area contributed by atoms with E-state index >= 15 is 0 Å². The first kappa shape index (κ1) is 24.2. The fourth-order valence-electron chi connectivity index (χ4n) is 4.11. The summed E-state index contributed by atoms with van der Waals surface area (Å²) in [5.74, 6) is 0.0421. The van der Waals surface area contributed by atoms with Gasteiger partial charge in [-0.2, -0.15) is 11.8 Å². The van der Waals surface area contributed by atoms with E-state index in [-0.39, 0.29) is 35.3 Å². The number of urea groups is 1. The van der Waals surface area contributed by atoms with Crippen molar-refractivity contribution >= 4 is 35.4 Å². The lowest BCUT2D eigenvalue weighted by atomic mass is 10.0. The number of fused-ring (bicyclic) bond motifs is 1. The Morgan fingerprint density at radius 3 is 2.75 bits per heavy atom. The van der Waals surface area contributed by atoms with Crippen molar-refractivity contribution in [3.8, 4) is 0 Å². The van der Waals surface area contributed by atoms with Crippen LogP contribution in [0.15, 0.2) is 18.2 Å². The third-order valence-electron chi connectivity index (χ3n) is 5.86. The quantitative estimate of drug-likeness (QED) is 0.148. The van der Waals surface area contributed by atoms with E-state index in [1.807, 2.05) is 11.8 Å². The summed E-state index contributed by atoms with van der Waals surface area (Å²) < 4.78 is 0. The van der Waals surface area contributed by atoms with Gasteiger partial charge in [-0.15, -0.1) is 0 Å². The minimum Gasteiger partial charge on any atom is -0.478 e. The first-order chi connectivity index (χ1) is 15.4. The number of carbonyl (C=O) groups is 3. The lowest BCUT2D eigenvalue weighted by Gasteiger charge is -2.16. The van der Waals surface area contributed by atoms with E-state index in [4.69, 9.17) is 10.8 Å². The van der Waals surface area contributed by atoms with Crippen LogP contribution >= 0.6 is 11.8 Å². The molecular weight excluding hydrogens is 430 g/mol. The van der Waals surface area contributed by atoms with Crippen molar-refractivity contribution in [2.24, 2.45) is 0 Å². The number of hydrogen-bond donors (Lipinski definition) is 6. The second-order valence-corrected chi connectivity index (χ2v) is 9.60. The number of aromatic carboxylic acids is 1. The molecule has 0 aliphatic carbocycles. The number of unbranched alkanes of at least 4 members (excludes halogenated alkanes) is 2. The van der Waals surface area contributed by atoms with Gasteiger partial charge in [-0.25, -0.2) is 9.59 Å². The van der Waals surface area contributed by atoms with Crippen molar-refractivity contribution in [3.63, 3.8) is 0 Å². The number of carboxylic acids is 1. The minimum absolute atomic E-state index is 0.0565. The minimum atomic E-state index is -1.02. The Balaban J connectivity index is 1.17. The molecule has 1 aromatic rings. The molecule has 176 valence electrons. The molecule has 3 rings (SSSR count). The highest BCUT2D eigenvalue weighted by Gasteiger charge is 2.42. The van der Waals surface area contributed by atoms with Gasteiger partial charge in [0.15, 0.2) is 0 Å². The molecule has 1 aromatic carbocycles. The van der Waals surface area contributed by atoms with Gasteiger partial charge in [-0.1, -0.05) is 12.5 Å². The van der Waals surface area contributed by atoms with Gasteiger partial charge in [-0.05, 0) is 49.9 Å². The Hall–Kier alpha value is -2.46. The van der Waals surface area contributed by atoms with Crippen LogP contribution in [0.1, 0.15) is 54.4 Å². The Morgan fingerprint density at radius 2 is 1.97 bits per heavy atom. The van der Waals surface area contributed by atoms with Gasteiger partial charge in [0.1, 0.15) is 0 Å². The molecule has 2 fully saturated rings. The lowest BCUT2D eigenvalue weighted by Crippen LogP contribution is -2.36. The summed E-state index contributed by atoms with van der Waals surface area (Å²) in [5, 5.41) is 21.7. The zero-order chi connectivity index (χ0) is 22.9. The molecule has 0 aromatic heterocycles. The molecule has 0 saturated carbocycles. The zero-order valence-corrected chi connectivity index (χ0v) is 19.0. The number of nitrogens with two attached hydrogens (primary N) is 1. The summed E-state index contributed by atoms with van der Waals surface area (Å²) >= 11 is 1.91. The molecule has 0 bridgehead atoms. The summed E-state index contributed by atoms with van der Waals surface area (Å²) in [6, 6.07) is 5.40. The molecule has 32 heavy (non-hydrogen) atoms. The van der Waals surface area contributed by atoms with Crippen molar-refractivity contribution in [3.05, 3.63) is 29.3 Å². The smallest absolute Gasteiger partial charge is 0.337 e. The number of anilines is 1. The second kappa shape index (κ2) is 12.0. The van der Waals surface area contributed by atoms with Crippen LogP contribution in [0.2, 0.25) is 0 Å². The first-order valence-electron chi connectivity index (χ1n) is 11.2. The van der Waals surface area contributed by atoms with Crippen LogP contribution < -0.4 is 27.0 Å². The summed E-state index contributed by atoms with van der Waals surface area (Å²) in [7, 11) is 0. The zero-order valence-electron chi connectivity index (χ0n) is 18.2. The third-order valence-corrected chi connectivity index (χ3v) is 7.37. The molecule has 7 N–H and O–H groups in total. The molecule has 2 aliphatic heterocycles. The average molecular weight is 464 g/mol.